The van der Waals surface area contributed by atoms with Crippen molar-refractivity contribution in [2.45, 2.75) is 50.2 Å². The lowest BCUT2D eigenvalue weighted by Crippen LogP contribution is -2.51. The summed E-state index contributed by atoms with van der Waals surface area (Å²) >= 11 is 0. The van der Waals surface area contributed by atoms with E-state index in [4.69, 9.17) is 9.47 Å². The molecule has 2 aromatic rings. The Kier molecular flexibility index (Phi) is 6.54. The number of hydrogen-bond acceptors (Lipinski definition) is 4. The average molecular weight is 456 g/mol. The maximum Gasteiger partial charge on any atom is 0.410 e. The molecule has 6 nitrogen and oxygen atoms in total. The average Bonchev–Trinajstić information content (AvgIpc) is 3.07. The molecule has 2 aromatic carbocycles. The van der Waals surface area contributed by atoms with E-state index in [1.54, 1.807) is 20.1 Å². The van der Waals surface area contributed by atoms with E-state index < -0.39 is 31.3 Å². The Morgan fingerprint density at radius 1 is 1.19 bits per heavy atom. The Labute approximate surface area is 190 Å². The van der Waals surface area contributed by atoms with Gasteiger partial charge in [-0.3, -0.25) is 4.90 Å². The first kappa shape index (κ1) is 24.0. The van der Waals surface area contributed by atoms with Crippen molar-refractivity contribution in [3.63, 3.8) is 0 Å². The smallest absolute Gasteiger partial charge is 0.410 e. The molecule has 1 heterocycles. The van der Waals surface area contributed by atoms with Crippen molar-refractivity contribution in [1.82, 2.24) is 4.90 Å². The second kappa shape index (κ2) is 8.71. The standard InChI is InChI=1S/C25H33NO5Si/c1-7-18-8-9-19-10-11-21(15-20(19)14-18)25(30-3)16-24(2,22(27)28)26(17-25)23(29)31-12-13-32(4,5)6/h7-11,14-15H,1,12-13,16-17H2,2-6H3,(H,27,28)/t24-,25-/m0/s1. The summed E-state index contributed by atoms with van der Waals surface area (Å²) in [5, 5.41) is 12.1. The number of aliphatic carboxylic acids is 1. The molecule has 1 aliphatic heterocycles. The van der Waals surface area contributed by atoms with Crippen LogP contribution >= 0.6 is 0 Å². The zero-order valence-electron chi connectivity index (χ0n) is 19.6. The summed E-state index contributed by atoms with van der Waals surface area (Å²) in [6.07, 6.45) is 1.30. The molecule has 32 heavy (non-hydrogen) atoms. The molecule has 1 aliphatic rings. The van der Waals surface area contributed by atoms with Crippen LogP contribution in [0.15, 0.2) is 43.0 Å². The molecule has 1 N–H and O–H groups in total. The van der Waals surface area contributed by atoms with Gasteiger partial charge in [-0.05, 0) is 47.0 Å². The minimum absolute atomic E-state index is 0.102. The Hall–Kier alpha value is -2.64. The molecule has 1 amide bonds. The predicted octanol–water partition coefficient (Wildman–Crippen LogP) is 5.35. The molecule has 2 atom stereocenters. The monoisotopic (exact) mass is 455 g/mol. The van der Waals surface area contributed by atoms with Gasteiger partial charge >= 0.3 is 12.1 Å². The highest BCUT2D eigenvalue weighted by Gasteiger charge is 2.58. The highest BCUT2D eigenvalue weighted by Crippen LogP contribution is 2.45. The SMILES string of the molecule is C=Cc1ccc2ccc([C@@]3(OC)CN(C(=O)OCC[Si](C)(C)C)[C@](C)(C(=O)O)C3)cc2c1. The van der Waals surface area contributed by atoms with Crippen LogP contribution in [0.25, 0.3) is 16.8 Å². The molecular formula is C25H33NO5Si. The number of fused-ring (bicyclic) bond motifs is 1. The van der Waals surface area contributed by atoms with E-state index in [-0.39, 0.29) is 13.0 Å². The summed E-state index contributed by atoms with van der Waals surface area (Å²) in [5.41, 5.74) is -0.567. The highest BCUT2D eigenvalue weighted by atomic mass is 28.3. The third-order valence-electron chi connectivity index (χ3n) is 6.41. The van der Waals surface area contributed by atoms with Crippen LogP contribution in [0, 0.1) is 0 Å². The zero-order valence-corrected chi connectivity index (χ0v) is 20.6. The fraction of sp³-hybridized carbons (Fsp3) is 0.440. The second-order valence-electron chi connectivity index (χ2n) is 9.99. The largest absolute Gasteiger partial charge is 0.480 e. The molecule has 0 aliphatic carbocycles. The fourth-order valence-corrected chi connectivity index (χ4v) is 4.95. The van der Waals surface area contributed by atoms with Crippen molar-refractivity contribution in [2.75, 3.05) is 20.3 Å². The van der Waals surface area contributed by atoms with Gasteiger partial charge in [0.25, 0.3) is 0 Å². The highest BCUT2D eigenvalue weighted by molar-refractivity contribution is 6.76. The normalized spacial score (nSPS) is 23.3. The minimum atomic E-state index is -1.44. The maximum absolute atomic E-state index is 13.0. The van der Waals surface area contributed by atoms with E-state index in [1.165, 1.54) is 4.90 Å². The van der Waals surface area contributed by atoms with Gasteiger partial charge in [0.05, 0.1) is 13.2 Å². The zero-order chi connectivity index (χ0) is 23.7. The first-order valence-corrected chi connectivity index (χ1v) is 14.5. The number of ether oxygens (including phenoxy) is 2. The van der Waals surface area contributed by atoms with Crippen LogP contribution in [0.3, 0.4) is 0 Å². The van der Waals surface area contributed by atoms with Crippen molar-refractivity contribution < 1.29 is 24.2 Å². The molecule has 0 saturated carbocycles. The van der Waals surface area contributed by atoms with Crippen LogP contribution in [0.5, 0.6) is 0 Å². The van der Waals surface area contributed by atoms with E-state index in [1.807, 2.05) is 36.4 Å². The van der Waals surface area contributed by atoms with Gasteiger partial charge in [-0.15, -0.1) is 0 Å². The third kappa shape index (κ3) is 4.59. The van der Waals surface area contributed by atoms with Crippen molar-refractivity contribution in [1.29, 1.82) is 0 Å². The maximum atomic E-state index is 13.0. The number of carbonyl (C=O) groups excluding carboxylic acids is 1. The van der Waals surface area contributed by atoms with E-state index in [2.05, 4.69) is 26.2 Å². The lowest BCUT2D eigenvalue weighted by Gasteiger charge is -2.30. The number of likely N-dealkylation sites (tertiary alicyclic amines) is 1. The fourth-order valence-electron chi connectivity index (χ4n) is 4.24. The number of nitrogens with zero attached hydrogens (tertiary/aromatic N) is 1. The van der Waals surface area contributed by atoms with Gasteiger partial charge in [0.15, 0.2) is 0 Å². The van der Waals surface area contributed by atoms with Gasteiger partial charge < -0.3 is 14.6 Å². The number of methoxy groups -OCH3 is 1. The second-order valence-corrected chi connectivity index (χ2v) is 15.6. The molecule has 3 rings (SSSR count). The summed E-state index contributed by atoms with van der Waals surface area (Å²) in [6.45, 7) is 12.4. The van der Waals surface area contributed by atoms with E-state index >= 15 is 0 Å². The third-order valence-corrected chi connectivity index (χ3v) is 8.12. The van der Waals surface area contributed by atoms with Crippen LogP contribution in [0.4, 0.5) is 4.79 Å². The molecule has 0 spiro atoms. The summed E-state index contributed by atoms with van der Waals surface area (Å²) in [6, 6.07) is 12.8. The number of hydrogen-bond donors (Lipinski definition) is 1. The number of amides is 1. The Bertz CT molecular complexity index is 1050. The van der Waals surface area contributed by atoms with Gasteiger partial charge in [0, 0.05) is 21.6 Å². The van der Waals surface area contributed by atoms with Crippen molar-refractivity contribution in [3.8, 4) is 0 Å². The first-order valence-electron chi connectivity index (χ1n) is 10.8. The number of carboxylic acids is 1. The lowest BCUT2D eigenvalue weighted by atomic mass is 9.85. The van der Waals surface area contributed by atoms with Crippen LogP contribution in [-0.4, -0.2) is 55.9 Å². The quantitative estimate of drug-likeness (QED) is 0.570. The van der Waals surface area contributed by atoms with Gasteiger partial charge in [-0.1, -0.05) is 56.6 Å². The van der Waals surface area contributed by atoms with Crippen LogP contribution in [0.2, 0.25) is 25.7 Å². The van der Waals surface area contributed by atoms with Crippen LogP contribution in [-0.2, 0) is 19.9 Å². The van der Waals surface area contributed by atoms with Crippen molar-refractivity contribution >= 4 is 37.0 Å². The Morgan fingerprint density at radius 3 is 2.47 bits per heavy atom. The topological polar surface area (TPSA) is 76.1 Å². The van der Waals surface area contributed by atoms with Crippen LogP contribution < -0.4 is 0 Å². The lowest BCUT2D eigenvalue weighted by molar-refractivity contribution is -0.148. The molecule has 0 radical (unpaired) electrons. The van der Waals surface area contributed by atoms with E-state index in [9.17, 15) is 14.7 Å². The molecule has 172 valence electrons. The van der Waals surface area contributed by atoms with E-state index in [0.717, 1.165) is 27.9 Å². The first-order chi connectivity index (χ1) is 14.9. The Morgan fingerprint density at radius 2 is 1.88 bits per heavy atom. The molecule has 0 bridgehead atoms. The number of benzene rings is 2. The predicted molar refractivity (Wildman–Crippen MR) is 130 cm³/mol. The number of carbonyl (C=O) groups is 2. The van der Waals surface area contributed by atoms with Gasteiger partial charge in [0.2, 0.25) is 0 Å². The van der Waals surface area contributed by atoms with Gasteiger partial charge in [-0.2, -0.15) is 0 Å². The molecule has 7 heteroatoms. The van der Waals surface area contributed by atoms with Crippen LogP contribution in [0.1, 0.15) is 24.5 Å². The summed E-state index contributed by atoms with van der Waals surface area (Å²) in [7, 11) is 0.175. The summed E-state index contributed by atoms with van der Waals surface area (Å²) in [5.74, 6) is -1.08. The van der Waals surface area contributed by atoms with Crippen molar-refractivity contribution in [3.05, 3.63) is 54.1 Å². The molecule has 0 aromatic heterocycles. The van der Waals surface area contributed by atoms with Crippen molar-refractivity contribution in [2.24, 2.45) is 0 Å². The van der Waals surface area contributed by atoms with Gasteiger partial charge in [0.1, 0.15) is 11.1 Å². The Balaban J connectivity index is 1.96. The number of rotatable bonds is 7. The molecule has 0 unspecified atom stereocenters. The molecule has 1 saturated heterocycles. The summed E-state index contributed by atoms with van der Waals surface area (Å²) < 4.78 is 11.5. The number of carboxylic acid groups (broad SMARTS) is 1. The van der Waals surface area contributed by atoms with Gasteiger partial charge in [-0.25, -0.2) is 9.59 Å². The molecular weight excluding hydrogens is 422 g/mol. The minimum Gasteiger partial charge on any atom is -0.480 e. The molecule has 1 fully saturated rings. The summed E-state index contributed by atoms with van der Waals surface area (Å²) in [4.78, 5) is 26.6. The van der Waals surface area contributed by atoms with E-state index in [0.29, 0.717) is 6.61 Å².